The molecule has 0 radical (unpaired) electrons. The Morgan fingerprint density at radius 3 is 2.56 bits per heavy atom. The van der Waals surface area contributed by atoms with Crippen molar-refractivity contribution in [2.24, 2.45) is 5.92 Å². The first-order valence-electron chi connectivity index (χ1n) is 6.93. The Hall–Kier alpha value is -1.32. The minimum absolute atomic E-state index is 0.0748. The van der Waals surface area contributed by atoms with Crippen LogP contribution in [0.1, 0.15) is 63.3 Å². The van der Waals surface area contributed by atoms with Gasteiger partial charge in [0, 0.05) is 5.92 Å². The molecule has 0 unspecified atom stereocenters. The fraction of sp³-hybridized carbons (Fsp3) is 0.714. The lowest BCUT2D eigenvalue weighted by atomic mass is 9.82. The number of rotatable bonds is 3. The van der Waals surface area contributed by atoms with Crippen molar-refractivity contribution in [1.82, 2.24) is 9.97 Å². The quantitative estimate of drug-likeness (QED) is 0.866. The molecule has 1 heterocycles. The van der Waals surface area contributed by atoms with E-state index in [9.17, 15) is 9.90 Å². The van der Waals surface area contributed by atoms with Gasteiger partial charge in [-0.2, -0.15) is 4.98 Å². The summed E-state index contributed by atoms with van der Waals surface area (Å²) in [7, 11) is 0. The molecule has 2 rings (SSSR count). The van der Waals surface area contributed by atoms with Gasteiger partial charge in [-0.05, 0) is 25.2 Å². The summed E-state index contributed by atoms with van der Waals surface area (Å²) >= 11 is 0. The van der Waals surface area contributed by atoms with E-state index in [1.165, 1.54) is 12.8 Å². The van der Waals surface area contributed by atoms with E-state index < -0.39 is 0 Å². The van der Waals surface area contributed by atoms with Crippen LogP contribution in [0.15, 0.2) is 4.79 Å². The van der Waals surface area contributed by atoms with Crippen LogP contribution in [0, 0.1) is 5.92 Å². The molecule has 0 aromatic carbocycles. The molecule has 0 amide bonds. The van der Waals surface area contributed by atoms with Crippen LogP contribution in [-0.4, -0.2) is 15.1 Å². The van der Waals surface area contributed by atoms with Gasteiger partial charge in [0.2, 0.25) is 5.88 Å². The molecule has 4 heteroatoms. The third-order valence-electron chi connectivity index (χ3n) is 3.91. The summed E-state index contributed by atoms with van der Waals surface area (Å²) in [6, 6.07) is 0. The van der Waals surface area contributed by atoms with E-state index in [4.69, 9.17) is 0 Å². The van der Waals surface area contributed by atoms with E-state index in [1.807, 2.05) is 6.92 Å². The maximum atomic E-state index is 11.9. The number of H-pyrrole nitrogens is 1. The van der Waals surface area contributed by atoms with E-state index >= 15 is 0 Å². The number of hydrogen-bond acceptors (Lipinski definition) is 3. The highest BCUT2D eigenvalue weighted by molar-refractivity contribution is 5.23. The van der Waals surface area contributed by atoms with Crippen molar-refractivity contribution in [3.8, 4) is 5.88 Å². The van der Waals surface area contributed by atoms with Crippen molar-refractivity contribution in [2.75, 3.05) is 0 Å². The predicted molar refractivity (Wildman–Crippen MR) is 70.9 cm³/mol. The molecule has 0 aliphatic heterocycles. The van der Waals surface area contributed by atoms with E-state index in [0.29, 0.717) is 23.7 Å². The zero-order valence-corrected chi connectivity index (χ0v) is 11.2. The molecule has 1 aliphatic carbocycles. The van der Waals surface area contributed by atoms with Crippen LogP contribution in [0.5, 0.6) is 5.88 Å². The Morgan fingerprint density at radius 2 is 2.00 bits per heavy atom. The summed E-state index contributed by atoms with van der Waals surface area (Å²) in [6.07, 6.45) is 5.86. The van der Waals surface area contributed by atoms with Gasteiger partial charge in [-0.15, -0.1) is 0 Å². The number of nitrogens with one attached hydrogen (secondary N) is 1. The predicted octanol–water partition coefficient (Wildman–Crippen LogP) is 2.72. The highest BCUT2D eigenvalue weighted by Gasteiger charge is 2.23. The van der Waals surface area contributed by atoms with Crippen molar-refractivity contribution >= 4 is 0 Å². The molecule has 1 saturated carbocycles. The summed E-state index contributed by atoms with van der Waals surface area (Å²) < 4.78 is 0. The maximum Gasteiger partial charge on any atom is 0.257 e. The molecule has 0 spiro atoms. The van der Waals surface area contributed by atoms with Gasteiger partial charge in [0.05, 0.1) is 5.56 Å². The molecule has 1 aromatic rings. The summed E-state index contributed by atoms with van der Waals surface area (Å²) in [6.45, 7) is 4.24. The molecule has 0 bridgehead atoms. The Balaban J connectivity index is 2.22. The van der Waals surface area contributed by atoms with Gasteiger partial charge in [-0.3, -0.25) is 4.79 Å². The molecule has 2 N–H and O–H groups in total. The van der Waals surface area contributed by atoms with Crippen LogP contribution in [0.4, 0.5) is 0 Å². The average molecular weight is 250 g/mol. The van der Waals surface area contributed by atoms with Crippen molar-refractivity contribution in [3.05, 3.63) is 21.7 Å². The second kappa shape index (κ2) is 5.55. The topological polar surface area (TPSA) is 66.0 Å². The lowest BCUT2D eigenvalue weighted by Gasteiger charge is -2.25. The number of aromatic hydroxyl groups is 1. The van der Waals surface area contributed by atoms with Crippen LogP contribution >= 0.6 is 0 Å². The number of aromatic amines is 1. The zero-order valence-electron chi connectivity index (χ0n) is 11.2. The molecular weight excluding hydrogens is 228 g/mol. The van der Waals surface area contributed by atoms with E-state index in [-0.39, 0.29) is 11.4 Å². The Labute approximate surface area is 107 Å². The SMILES string of the molecule is CCCc1c(O)nc(C2CCC(C)CC2)[nH]c1=O. The van der Waals surface area contributed by atoms with Crippen molar-refractivity contribution in [1.29, 1.82) is 0 Å². The normalized spacial score (nSPS) is 24.1. The van der Waals surface area contributed by atoms with Crippen LogP contribution in [0.3, 0.4) is 0 Å². The fourth-order valence-electron chi connectivity index (χ4n) is 2.71. The van der Waals surface area contributed by atoms with Crippen molar-refractivity contribution < 1.29 is 5.11 Å². The van der Waals surface area contributed by atoms with Gasteiger partial charge in [-0.25, -0.2) is 0 Å². The van der Waals surface area contributed by atoms with E-state index in [1.54, 1.807) is 0 Å². The van der Waals surface area contributed by atoms with Gasteiger partial charge in [0.1, 0.15) is 5.82 Å². The standard InChI is InChI=1S/C14H22N2O2/c1-3-4-11-13(17)15-12(16-14(11)18)10-7-5-9(2)6-8-10/h9-10H,3-8H2,1-2H3,(H2,15,16,17,18). The summed E-state index contributed by atoms with van der Waals surface area (Å²) in [5, 5.41) is 9.85. The molecule has 4 nitrogen and oxygen atoms in total. The minimum atomic E-state index is -0.169. The third kappa shape index (κ3) is 2.74. The van der Waals surface area contributed by atoms with Crippen LogP contribution in [-0.2, 0) is 6.42 Å². The van der Waals surface area contributed by atoms with Crippen molar-refractivity contribution in [3.63, 3.8) is 0 Å². The highest BCUT2D eigenvalue weighted by atomic mass is 16.3. The van der Waals surface area contributed by atoms with Crippen LogP contribution in [0.25, 0.3) is 0 Å². The molecule has 1 aromatic heterocycles. The molecular formula is C14H22N2O2. The monoisotopic (exact) mass is 250 g/mol. The second-order valence-electron chi connectivity index (χ2n) is 5.46. The summed E-state index contributed by atoms with van der Waals surface area (Å²) in [4.78, 5) is 19.0. The van der Waals surface area contributed by atoms with Gasteiger partial charge < -0.3 is 10.1 Å². The third-order valence-corrected chi connectivity index (χ3v) is 3.91. The lowest BCUT2D eigenvalue weighted by molar-refractivity contribution is 0.335. The van der Waals surface area contributed by atoms with Gasteiger partial charge in [0.15, 0.2) is 0 Å². The van der Waals surface area contributed by atoms with E-state index in [2.05, 4.69) is 16.9 Å². The van der Waals surface area contributed by atoms with Crippen LogP contribution in [0.2, 0.25) is 0 Å². The maximum absolute atomic E-state index is 11.9. The first-order chi connectivity index (χ1) is 8.61. The zero-order chi connectivity index (χ0) is 13.1. The fourth-order valence-corrected chi connectivity index (χ4v) is 2.71. The van der Waals surface area contributed by atoms with E-state index in [0.717, 1.165) is 25.2 Å². The summed E-state index contributed by atoms with van der Waals surface area (Å²) in [5.74, 6) is 1.66. The molecule has 1 fully saturated rings. The van der Waals surface area contributed by atoms with Crippen LogP contribution < -0.4 is 5.56 Å². The largest absolute Gasteiger partial charge is 0.493 e. The first kappa shape index (κ1) is 13.1. The Bertz CT molecular complexity index is 459. The molecule has 1 aliphatic rings. The van der Waals surface area contributed by atoms with Gasteiger partial charge in [-0.1, -0.05) is 33.1 Å². The molecule has 100 valence electrons. The van der Waals surface area contributed by atoms with Crippen molar-refractivity contribution in [2.45, 2.75) is 58.3 Å². The molecule has 0 saturated heterocycles. The number of hydrogen-bond donors (Lipinski definition) is 2. The molecule has 18 heavy (non-hydrogen) atoms. The minimum Gasteiger partial charge on any atom is -0.493 e. The van der Waals surface area contributed by atoms with Gasteiger partial charge >= 0.3 is 0 Å². The lowest BCUT2D eigenvalue weighted by Crippen LogP contribution is -2.21. The Morgan fingerprint density at radius 1 is 1.33 bits per heavy atom. The number of aromatic nitrogens is 2. The average Bonchev–Trinajstić information content (AvgIpc) is 2.34. The van der Waals surface area contributed by atoms with Gasteiger partial charge in [0.25, 0.3) is 5.56 Å². The number of nitrogens with zero attached hydrogens (tertiary/aromatic N) is 1. The Kier molecular flexibility index (Phi) is 4.04. The second-order valence-corrected chi connectivity index (χ2v) is 5.46. The highest BCUT2D eigenvalue weighted by Crippen LogP contribution is 2.34. The summed E-state index contributed by atoms with van der Waals surface area (Å²) in [5.41, 5.74) is 0.253. The first-order valence-corrected chi connectivity index (χ1v) is 6.93. The smallest absolute Gasteiger partial charge is 0.257 e. The molecule has 0 atom stereocenters.